The zero-order valence-electron chi connectivity index (χ0n) is 18.6. The van der Waals surface area contributed by atoms with Gasteiger partial charge in [-0.05, 0) is 25.0 Å². The first-order valence-electron chi connectivity index (χ1n) is 10.3. The van der Waals surface area contributed by atoms with E-state index in [1.165, 1.54) is 4.31 Å². The monoisotopic (exact) mass is 479 g/mol. The highest BCUT2D eigenvalue weighted by Gasteiger charge is 2.23. The van der Waals surface area contributed by atoms with Crippen LogP contribution < -0.4 is 0 Å². The van der Waals surface area contributed by atoms with Crippen LogP contribution >= 0.6 is 23.1 Å². The maximum atomic E-state index is 13.0. The Morgan fingerprint density at radius 1 is 1.19 bits per heavy atom. The molecule has 0 atom stereocenters. The van der Waals surface area contributed by atoms with E-state index in [1.54, 1.807) is 41.3 Å². The molecule has 0 aliphatic heterocycles. The number of thioether (sulfide) groups is 1. The number of aromatic nitrogens is 4. The van der Waals surface area contributed by atoms with Gasteiger partial charge >= 0.3 is 0 Å². The van der Waals surface area contributed by atoms with E-state index in [2.05, 4.69) is 39.0 Å². The van der Waals surface area contributed by atoms with E-state index >= 15 is 0 Å². The van der Waals surface area contributed by atoms with Crippen LogP contribution in [0.1, 0.15) is 38.4 Å². The Hall–Kier alpha value is -1.75. The average Bonchev–Trinajstić information content (AvgIpc) is 3.32. The van der Waals surface area contributed by atoms with Crippen molar-refractivity contribution >= 4 is 33.1 Å². The third-order valence-electron chi connectivity index (χ3n) is 4.72. The zero-order valence-corrected chi connectivity index (χ0v) is 21.0. The molecule has 168 valence electrons. The van der Waals surface area contributed by atoms with E-state index in [0.29, 0.717) is 24.8 Å². The molecule has 3 rings (SSSR count). The third-order valence-corrected chi connectivity index (χ3v) is 8.58. The van der Waals surface area contributed by atoms with Gasteiger partial charge in [0.05, 0.1) is 15.6 Å². The van der Waals surface area contributed by atoms with Crippen molar-refractivity contribution in [3.05, 3.63) is 40.3 Å². The van der Waals surface area contributed by atoms with Crippen LogP contribution in [0.15, 0.2) is 39.7 Å². The lowest BCUT2D eigenvalue weighted by atomic mass is 10.2. The molecule has 0 N–H and O–H groups in total. The molecule has 0 saturated heterocycles. The van der Waals surface area contributed by atoms with Crippen molar-refractivity contribution in [3.63, 3.8) is 0 Å². The standard InChI is InChI=1S/C21H29N5O2S3/c1-6-25(7-2)31(27,28)19-10-8-9-17(11-19)20-23-24-21(26(20)12-15(3)4)30-14-18-13-29-16(5)22-18/h8-11,13,15H,6-7,12,14H2,1-5H3. The summed E-state index contributed by atoms with van der Waals surface area (Å²) in [6.07, 6.45) is 0. The molecular weight excluding hydrogens is 450 g/mol. The summed E-state index contributed by atoms with van der Waals surface area (Å²) in [6, 6.07) is 7.00. The highest BCUT2D eigenvalue weighted by Crippen LogP contribution is 2.29. The predicted octanol–water partition coefficient (Wildman–Crippen LogP) is 4.69. The highest BCUT2D eigenvalue weighted by molar-refractivity contribution is 7.98. The van der Waals surface area contributed by atoms with Gasteiger partial charge in [0, 0.05) is 36.3 Å². The first-order chi connectivity index (χ1) is 14.8. The molecule has 0 saturated carbocycles. The smallest absolute Gasteiger partial charge is 0.243 e. The summed E-state index contributed by atoms with van der Waals surface area (Å²) in [4.78, 5) is 4.80. The van der Waals surface area contributed by atoms with E-state index in [-0.39, 0.29) is 4.90 Å². The summed E-state index contributed by atoms with van der Waals surface area (Å²) in [7, 11) is -3.54. The molecule has 2 aromatic heterocycles. The molecule has 0 amide bonds. The molecular formula is C21H29N5O2S3. The van der Waals surface area contributed by atoms with E-state index in [0.717, 1.165) is 33.7 Å². The normalized spacial score (nSPS) is 12.2. The number of hydrogen-bond acceptors (Lipinski definition) is 7. The number of benzene rings is 1. The van der Waals surface area contributed by atoms with E-state index in [9.17, 15) is 8.42 Å². The number of sulfonamides is 1. The fourth-order valence-electron chi connectivity index (χ4n) is 3.26. The van der Waals surface area contributed by atoms with Crippen molar-refractivity contribution in [2.45, 2.75) is 57.0 Å². The van der Waals surface area contributed by atoms with Crippen LogP contribution in [-0.2, 0) is 22.3 Å². The lowest BCUT2D eigenvalue weighted by Crippen LogP contribution is -2.30. The first kappa shape index (κ1) is 23.9. The Balaban J connectivity index is 1.96. The van der Waals surface area contributed by atoms with Gasteiger partial charge in [0.2, 0.25) is 10.0 Å². The molecule has 2 heterocycles. The summed E-state index contributed by atoms with van der Waals surface area (Å²) in [5.41, 5.74) is 1.78. The van der Waals surface area contributed by atoms with Gasteiger partial charge in [-0.1, -0.05) is 51.6 Å². The van der Waals surface area contributed by atoms with Crippen LogP contribution in [0.2, 0.25) is 0 Å². The summed E-state index contributed by atoms with van der Waals surface area (Å²) in [5, 5.41) is 12.8. The minimum Gasteiger partial charge on any atom is -0.302 e. The van der Waals surface area contributed by atoms with Gasteiger partial charge in [0.1, 0.15) is 0 Å². The maximum absolute atomic E-state index is 13.0. The second-order valence-corrected chi connectivity index (χ2v) is 11.5. The van der Waals surface area contributed by atoms with E-state index in [4.69, 9.17) is 0 Å². The molecule has 0 fully saturated rings. The van der Waals surface area contributed by atoms with Crippen molar-refractivity contribution in [1.82, 2.24) is 24.1 Å². The topological polar surface area (TPSA) is 81.0 Å². The molecule has 0 aliphatic rings. The second kappa shape index (κ2) is 10.2. The Morgan fingerprint density at radius 3 is 2.55 bits per heavy atom. The number of nitrogens with zero attached hydrogens (tertiary/aromatic N) is 5. The summed E-state index contributed by atoms with van der Waals surface area (Å²) >= 11 is 3.24. The molecule has 0 bridgehead atoms. The predicted molar refractivity (Wildman–Crippen MR) is 127 cm³/mol. The van der Waals surface area contributed by atoms with Crippen LogP contribution in [0.4, 0.5) is 0 Å². The van der Waals surface area contributed by atoms with Crippen molar-refractivity contribution < 1.29 is 8.42 Å². The summed E-state index contributed by atoms with van der Waals surface area (Å²) in [6.45, 7) is 11.6. The molecule has 31 heavy (non-hydrogen) atoms. The molecule has 0 radical (unpaired) electrons. The average molecular weight is 480 g/mol. The Kier molecular flexibility index (Phi) is 7.90. The molecule has 0 unspecified atom stereocenters. The van der Waals surface area contributed by atoms with Crippen molar-refractivity contribution in [2.24, 2.45) is 5.92 Å². The molecule has 7 nitrogen and oxygen atoms in total. The minimum absolute atomic E-state index is 0.278. The molecule has 10 heteroatoms. The van der Waals surface area contributed by atoms with Crippen molar-refractivity contribution in [3.8, 4) is 11.4 Å². The molecule has 0 aliphatic carbocycles. The Bertz CT molecular complexity index is 1120. The van der Waals surface area contributed by atoms with Crippen LogP contribution in [0, 0.1) is 12.8 Å². The van der Waals surface area contributed by atoms with E-state index < -0.39 is 10.0 Å². The van der Waals surface area contributed by atoms with Gasteiger partial charge in [0.25, 0.3) is 0 Å². The maximum Gasteiger partial charge on any atom is 0.243 e. The SMILES string of the molecule is CCN(CC)S(=O)(=O)c1cccc(-c2nnc(SCc3csc(C)n3)n2CC(C)C)c1. The number of aryl methyl sites for hydroxylation is 1. The number of rotatable bonds is 10. The second-order valence-electron chi connectivity index (χ2n) is 7.57. The molecule has 3 aromatic rings. The van der Waals surface area contributed by atoms with Crippen molar-refractivity contribution in [1.29, 1.82) is 0 Å². The van der Waals surface area contributed by atoms with Gasteiger partial charge < -0.3 is 4.57 Å². The number of thiazole rings is 1. The van der Waals surface area contributed by atoms with Crippen molar-refractivity contribution in [2.75, 3.05) is 13.1 Å². The third kappa shape index (κ3) is 5.54. The highest BCUT2D eigenvalue weighted by atomic mass is 32.2. The molecule has 1 aromatic carbocycles. The van der Waals surface area contributed by atoms with Crippen LogP contribution in [0.3, 0.4) is 0 Å². The van der Waals surface area contributed by atoms with Gasteiger partial charge in [-0.2, -0.15) is 4.31 Å². The van der Waals surface area contributed by atoms with Gasteiger partial charge in [-0.25, -0.2) is 13.4 Å². The zero-order chi connectivity index (χ0) is 22.6. The Morgan fingerprint density at radius 2 is 1.94 bits per heavy atom. The van der Waals surface area contributed by atoms with Crippen LogP contribution in [-0.4, -0.2) is 45.6 Å². The van der Waals surface area contributed by atoms with Gasteiger partial charge in [-0.3, -0.25) is 0 Å². The number of hydrogen-bond donors (Lipinski definition) is 0. The van der Waals surface area contributed by atoms with Crippen LogP contribution in [0.5, 0.6) is 0 Å². The quantitative estimate of drug-likeness (QED) is 0.393. The van der Waals surface area contributed by atoms with E-state index in [1.807, 2.05) is 26.8 Å². The minimum atomic E-state index is -3.54. The fourth-order valence-corrected chi connectivity index (χ4v) is 6.32. The van der Waals surface area contributed by atoms with Gasteiger partial charge in [0.15, 0.2) is 11.0 Å². The summed E-state index contributed by atoms with van der Waals surface area (Å²) in [5.74, 6) is 1.79. The van der Waals surface area contributed by atoms with Gasteiger partial charge in [-0.15, -0.1) is 21.5 Å². The molecule has 0 spiro atoms. The summed E-state index contributed by atoms with van der Waals surface area (Å²) < 4.78 is 29.5. The fraction of sp³-hybridized carbons (Fsp3) is 0.476. The lowest BCUT2D eigenvalue weighted by molar-refractivity contribution is 0.445. The Labute approximate surface area is 193 Å². The largest absolute Gasteiger partial charge is 0.302 e. The van der Waals surface area contributed by atoms with Crippen LogP contribution in [0.25, 0.3) is 11.4 Å². The first-order valence-corrected chi connectivity index (χ1v) is 13.6. The lowest BCUT2D eigenvalue weighted by Gasteiger charge is -2.19.